The van der Waals surface area contributed by atoms with Gasteiger partial charge in [-0.05, 0) is 42.8 Å². The van der Waals surface area contributed by atoms with Gasteiger partial charge in [-0.15, -0.1) is 0 Å². The monoisotopic (exact) mass is 371 g/mol. The van der Waals surface area contributed by atoms with Gasteiger partial charge in [-0.1, -0.05) is 33.6 Å². The Labute approximate surface area is 135 Å². The topological polar surface area (TPSA) is 38.3 Å². The van der Waals surface area contributed by atoms with Crippen LogP contribution in [0.2, 0.25) is 5.02 Å². The van der Waals surface area contributed by atoms with E-state index in [-0.39, 0.29) is 18.3 Å². The Kier molecular flexibility index (Phi) is 5.20. The third kappa shape index (κ3) is 4.19. The third-order valence-corrected chi connectivity index (χ3v) is 3.70. The molecule has 0 bridgehead atoms. The Morgan fingerprint density at radius 1 is 1.38 bits per heavy atom. The maximum Gasteiger partial charge on any atom is 0.262 e. The van der Waals surface area contributed by atoms with E-state index in [1.54, 1.807) is 31.2 Å². The lowest BCUT2D eigenvalue weighted by Crippen LogP contribution is -2.21. The minimum Gasteiger partial charge on any atom is -0.481 e. The van der Waals surface area contributed by atoms with Crippen molar-refractivity contribution in [2.24, 2.45) is 0 Å². The molecule has 0 unspecified atom stereocenters. The molecule has 110 valence electrons. The van der Waals surface area contributed by atoms with Gasteiger partial charge in [0.2, 0.25) is 0 Å². The number of amides is 1. The molecule has 3 nitrogen and oxygen atoms in total. The van der Waals surface area contributed by atoms with Crippen LogP contribution in [0.3, 0.4) is 0 Å². The van der Waals surface area contributed by atoms with Crippen molar-refractivity contribution in [3.63, 3.8) is 0 Å². The molecule has 0 aliphatic rings. The molecule has 1 N–H and O–H groups in total. The molecule has 0 spiro atoms. The third-order valence-electron chi connectivity index (χ3n) is 2.79. The molecule has 2 rings (SSSR count). The second kappa shape index (κ2) is 6.91. The molecular weight excluding hydrogens is 361 g/mol. The van der Waals surface area contributed by atoms with Crippen LogP contribution in [0.15, 0.2) is 40.9 Å². The first-order valence-corrected chi connectivity index (χ1v) is 7.27. The van der Waals surface area contributed by atoms with Crippen molar-refractivity contribution >= 4 is 39.1 Å². The van der Waals surface area contributed by atoms with Crippen LogP contribution in [0.5, 0.6) is 5.75 Å². The molecule has 0 saturated carbocycles. The van der Waals surface area contributed by atoms with Crippen molar-refractivity contribution in [1.82, 2.24) is 0 Å². The highest BCUT2D eigenvalue weighted by atomic mass is 79.9. The van der Waals surface area contributed by atoms with E-state index in [2.05, 4.69) is 21.2 Å². The van der Waals surface area contributed by atoms with Crippen LogP contribution in [0, 0.1) is 12.7 Å². The summed E-state index contributed by atoms with van der Waals surface area (Å²) in [7, 11) is 0. The zero-order chi connectivity index (χ0) is 15.4. The van der Waals surface area contributed by atoms with Gasteiger partial charge < -0.3 is 10.1 Å². The zero-order valence-corrected chi connectivity index (χ0v) is 13.5. The van der Waals surface area contributed by atoms with Crippen LogP contribution in [0.25, 0.3) is 0 Å². The van der Waals surface area contributed by atoms with Crippen molar-refractivity contribution in [2.75, 3.05) is 11.9 Å². The summed E-state index contributed by atoms with van der Waals surface area (Å²) in [5, 5.41) is 3.23. The van der Waals surface area contributed by atoms with E-state index in [0.29, 0.717) is 15.2 Å². The van der Waals surface area contributed by atoms with E-state index in [0.717, 1.165) is 5.56 Å². The number of carbonyl (C=O) groups is 1. The summed E-state index contributed by atoms with van der Waals surface area (Å²) in [6.45, 7) is 1.51. The number of nitrogens with one attached hydrogen (secondary N) is 1. The smallest absolute Gasteiger partial charge is 0.262 e. The van der Waals surface area contributed by atoms with Crippen LogP contribution < -0.4 is 10.1 Å². The highest BCUT2D eigenvalue weighted by molar-refractivity contribution is 9.10. The Balaban J connectivity index is 1.97. The van der Waals surface area contributed by atoms with Crippen LogP contribution in [-0.4, -0.2) is 12.5 Å². The SMILES string of the molecule is Cc1c(Cl)cccc1NC(=O)COc1ccc(Br)cc1F. The normalized spacial score (nSPS) is 10.3. The van der Waals surface area contributed by atoms with E-state index in [1.807, 2.05) is 0 Å². The van der Waals surface area contributed by atoms with E-state index in [4.69, 9.17) is 16.3 Å². The molecule has 2 aromatic carbocycles. The summed E-state index contributed by atoms with van der Waals surface area (Å²) in [6.07, 6.45) is 0. The van der Waals surface area contributed by atoms with Crippen LogP contribution >= 0.6 is 27.5 Å². The predicted molar refractivity (Wildman–Crippen MR) is 84.4 cm³/mol. The first-order valence-electron chi connectivity index (χ1n) is 6.10. The molecule has 0 saturated heterocycles. The molecule has 6 heteroatoms. The number of anilines is 1. The molecule has 2 aromatic rings. The summed E-state index contributed by atoms with van der Waals surface area (Å²) in [4.78, 5) is 11.8. The molecule has 0 aromatic heterocycles. The fourth-order valence-electron chi connectivity index (χ4n) is 1.66. The summed E-state index contributed by atoms with van der Waals surface area (Å²) >= 11 is 9.12. The summed E-state index contributed by atoms with van der Waals surface area (Å²) in [5.74, 6) is -0.894. The summed E-state index contributed by atoms with van der Waals surface area (Å²) in [5.41, 5.74) is 1.37. The molecule has 0 atom stereocenters. The van der Waals surface area contributed by atoms with Gasteiger partial charge >= 0.3 is 0 Å². The number of benzene rings is 2. The maximum atomic E-state index is 13.5. The standard InChI is InChI=1S/C15H12BrClFNO2/c1-9-11(17)3-2-4-13(9)19-15(20)8-21-14-6-5-10(16)7-12(14)18/h2-7H,8H2,1H3,(H,19,20). The van der Waals surface area contributed by atoms with Gasteiger partial charge in [0.15, 0.2) is 18.2 Å². The molecule has 1 amide bonds. The highest BCUT2D eigenvalue weighted by Gasteiger charge is 2.09. The summed E-state index contributed by atoms with van der Waals surface area (Å²) in [6, 6.07) is 9.57. The maximum absolute atomic E-state index is 13.5. The Hall–Kier alpha value is -1.59. The molecule has 0 aliphatic carbocycles. The number of carbonyl (C=O) groups excluding carboxylic acids is 1. The largest absolute Gasteiger partial charge is 0.481 e. The minimum absolute atomic E-state index is 0.0242. The molecule has 0 fully saturated rings. The predicted octanol–water partition coefficient (Wildman–Crippen LogP) is 4.57. The van der Waals surface area contributed by atoms with E-state index in [1.165, 1.54) is 12.1 Å². The van der Waals surface area contributed by atoms with Crippen molar-refractivity contribution < 1.29 is 13.9 Å². The molecule has 0 heterocycles. The van der Waals surface area contributed by atoms with Gasteiger partial charge in [0.1, 0.15) is 0 Å². The number of halogens is 3. The second-order valence-corrected chi connectivity index (χ2v) is 5.65. The molecular formula is C15H12BrClFNO2. The fourth-order valence-corrected chi connectivity index (χ4v) is 2.17. The van der Waals surface area contributed by atoms with E-state index >= 15 is 0 Å². The van der Waals surface area contributed by atoms with Crippen molar-refractivity contribution in [1.29, 1.82) is 0 Å². The average Bonchev–Trinajstić information content (AvgIpc) is 2.43. The van der Waals surface area contributed by atoms with Gasteiger partial charge in [-0.25, -0.2) is 4.39 Å². The van der Waals surface area contributed by atoms with Crippen molar-refractivity contribution in [3.8, 4) is 5.75 Å². The van der Waals surface area contributed by atoms with Crippen molar-refractivity contribution in [3.05, 3.63) is 57.3 Å². The second-order valence-electron chi connectivity index (χ2n) is 4.32. The highest BCUT2D eigenvalue weighted by Crippen LogP contribution is 2.23. The number of hydrogen-bond acceptors (Lipinski definition) is 2. The first-order chi connectivity index (χ1) is 9.97. The van der Waals surface area contributed by atoms with Gasteiger partial charge in [0, 0.05) is 15.2 Å². The first kappa shape index (κ1) is 15.8. The molecule has 0 aliphatic heterocycles. The lowest BCUT2D eigenvalue weighted by Gasteiger charge is -2.11. The van der Waals surface area contributed by atoms with Crippen LogP contribution in [0.1, 0.15) is 5.56 Å². The lowest BCUT2D eigenvalue weighted by atomic mass is 10.2. The minimum atomic E-state index is -0.531. The Morgan fingerprint density at radius 3 is 2.86 bits per heavy atom. The fraction of sp³-hybridized carbons (Fsp3) is 0.133. The molecule has 21 heavy (non-hydrogen) atoms. The number of ether oxygens (including phenoxy) is 1. The van der Waals surface area contributed by atoms with E-state index in [9.17, 15) is 9.18 Å². The van der Waals surface area contributed by atoms with Gasteiger partial charge in [0.25, 0.3) is 5.91 Å². The Morgan fingerprint density at radius 2 is 2.14 bits per heavy atom. The number of hydrogen-bond donors (Lipinski definition) is 1. The van der Waals surface area contributed by atoms with Gasteiger partial charge in [-0.2, -0.15) is 0 Å². The number of rotatable bonds is 4. The zero-order valence-electron chi connectivity index (χ0n) is 11.1. The van der Waals surface area contributed by atoms with Crippen LogP contribution in [-0.2, 0) is 4.79 Å². The Bertz CT molecular complexity index is 679. The lowest BCUT2D eigenvalue weighted by molar-refractivity contribution is -0.118. The average molecular weight is 373 g/mol. The summed E-state index contributed by atoms with van der Waals surface area (Å²) < 4.78 is 19.3. The quantitative estimate of drug-likeness (QED) is 0.854. The van der Waals surface area contributed by atoms with Crippen LogP contribution in [0.4, 0.5) is 10.1 Å². The van der Waals surface area contributed by atoms with Crippen molar-refractivity contribution in [2.45, 2.75) is 6.92 Å². The van der Waals surface area contributed by atoms with Gasteiger partial charge in [-0.3, -0.25) is 4.79 Å². The van der Waals surface area contributed by atoms with Gasteiger partial charge in [0.05, 0.1) is 0 Å². The van der Waals surface area contributed by atoms with E-state index < -0.39 is 5.82 Å². The molecule has 0 radical (unpaired) electrons.